The van der Waals surface area contributed by atoms with E-state index in [0.717, 1.165) is 43.9 Å². The zero-order valence-corrected chi connectivity index (χ0v) is 20.7. The average Bonchev–Trinajstić information content (AvgIpc) is 3.43. The van der Waals surface area contributed by atoms with Gasteiger partial charge >= 0.3 is 0 Å². The molecule has 0 saturated carbocycles. The first-order chi connectivity index (χ1) is 18.0. The van der Waals surface area contributed by atoms with Crippen molar-refractivity contribution >= 4 is 29.0 Å². The molecule has 0 bridgehead atoms. The highest BCUT2D eigenvalue weighted by Gasteiger charge is 2.27. The molecule has 190 valence electrons. The van der Waals surface area contributed by atoms with Crippen LogP contribution in [-0.2, 0) is 6.54 Å². The number of amides is 1. The van der Waals surface area contributed by atoms with Crippen LogP contribution in [0.2, 0.25) is 0 Å². The monoisotopic (exact) mass is 499 g/mol. The van der Waals surface area contributed by atoms with E-state index in [4.69, 9.17) is 0 Å². The van der Waals surface area contributed by atoms with Crippen LogP contribution in [0.1, 0.15) is 28.9 Å². The van der Waals surface area contributed by atoms with Crippen molar-refractivity contribution in [2.24, 2.45) is 0 Å². The number of hydrogen-bond acceptors (Lipinski definition) is 6. The Morgan fingerprint density at radius 1 is 1.08 bits per heavy atom. The van der Waals surface area contributed by atoms with Gasteiger partial charge in [0.25, 0.3) is 5.91 Å². The maximum Gasteiger partial charge on any atom is 0.253 e. The van der Waals surface area contributed by atoms with Gasteiger partial charge in [0.05, 0.1) is 0 Å². The van der Waals surface area contributed by atoms with Crippen LogP contribution >= 0.6 is 0 Å². The smallest absolute Gasteiger partial charge is 0.253 e. The number of nitrogens with one attached hydrogen (secondary N) is 3. The van der Waals surface area contributed by atoms with E-state index in [0.29, 0.717) is 23.4 Å². The second-order valence-corrected chi connectivity index (χ2v) is 9.26. The van der Waals surface area contributed by atoms with Crippen molar-refractivity contribution in [3.63, 3.8) is 0 Å². The average molecular weight is 500 g/mol. The third-order valence-electron chi connectivity index (χ3n) is 6.55. The first kappa shape index (κ1) is 24.5. The second kappa shape index (κ2) is 11.2. The summed E-state index contributed by atoms with van der Waals surface area (Å²) in [4.78, 5) is 29.5. The molecule has 1 fully saturated rings. The lowest BCUT2D eigenvalue weighted by molar-refractivity contribution is 0.0601. The van der Waals surface area contributed by atoms with E-state index in [1.54, 1.807) is 24.4 Å². The molecule has 1 aliphatic heterocycles. The fourth-order valence-electron chi connectivity index (χ4n) is 4.54. The number of carbonyl (C=O) groups is 1. The number of aromatic nitrogens is 3. The highest BCUT2D eigenvalue weighted by molar-refractivity contribution is 5.94. The van der Waals surface area contributed by atoms with Crippen molar-refractivity contribution in [2.45, 2.75) is 25.4 Å². The third kappa shape index (κ3) is 6.31. The molecule has 37 heavy (non-hydrogen) atoms. The number of rotatable bonds is 8. The standard InChI is InChI=1S/C28H30FN7O/c1-35(18-24-4-2-15-30-24)25-5-3-17-36(19-25)27(37)20-6-10-23(11-7-20)33-28-31-16-14-26(34-28)32-22-12-8-21(29)9-13-22/h2,4,6-16,25,30H,3,5,17-19H2,1H3,(H2,31,32,33,34). The molecule has 1 aliphatic rings. The first-order valence-electron chi connectivity index (χ1n) is 12.4. The number of carbonyl (C=O) groups excluding carboxylic acids is 1. The summed E-state index contributed by atoms with van der Waals surface area (Å²) >= 11 is 0. The molecule has 0 aliphatic carbocycles. The Morgan fingerprint density at radius 2 is 1.84 bits per heavy atom. The Bertz CT molecular complexity index is 1310. The van der Waals surface area contributed by atoms with Gasteiger partial charge in [-0.25, -0.2) is 9.37 Å². The number of aromatic amines is 1. The Kier molecular flexibility index (Phi) is 7.41. The molecule has 1 saturated heterocycles. The maximum atomic E-state index is 13.2. The number of H-pyrrole nitrogens is 1. The lowest BCUT2D eigenvalue weighted by Crippen LogP contribution is -2.48. The molecule has 3 N–H and O–H groups in total. The zero-order chi connectivity index (χ0) is 25.6. The van der Waals surface area contributed by atoms with Crippen LogP contribution in [0.15, 0.2) is 79.1 Å². The van der Waals surface area contributed by atoms with Crippen LogP contribution < -0.4 is 10.6 Å². The highest BCUT2D eigenvalue weighted by atomic mass is 19.1. The molecular formula is C28H30FN7O. The number of likely N-dealkylation sites (tertiary alicyclic amines) is 1. The lowest BCUT2D eigenvalue weighted by Gasteiger charge is -2.37. The van der Waals surface area contributed by atoms with Crippen LogP contribution in [0, 0.1) is 5.82 Å². The Morgan fingerprint density at radius 3 is 2.59 bits per heavy atom. The molecule has 4 aromatic rings. The summed E-state index contributed by atoms with van der Waals surface area (Å²) in [5.74, 6) is 0.746. The molecule has 9 heteroatoms. The summed E-state index contributed by atoms with van der Waals surface area (Å²) in [7, 11) is 2.12. The van der Waals surface area contributed by atoms with Crippen LogP contribution in [0.25, 0.3) is 0 Å². The molecule has 2 aromatic heterocycles. The van der Waals surface area contributed by atoms with Crippen molar-refractivity contribution in [3.8, 4) is 0 Å². The summed E-state index contributed by atoms with van der Waals surface area (Å²) in [6.45, 7) is 2.33. The number of anilines is 4. The van der Waals surface area contributed by atoms with E-state index >= 15 is 0 Å². The molecule has 0 spiro atoms. The van der Waals surface area contributed by atoms with Gasteiger partial charge in [0.1, 0.15) is 11.6 Å². The summed E-state index contributed by atoms with van der Waals surface area (Å²) in [6, 6.07) is 19.6. The van der Waals surface area contributed by atoms with E-state index in [-0.39, 0.29) is 11.7 Å². The third-order valence-corrected chi connectivity index (χ3v) is 6.55. The summed E-state index contributed by atoms with van der Waals surface area (Å²) in [5, 5.41) is 6.30. The molecule has 3 heterocycles. The Labute approximate surface area is 215 Å². The first-order valence-corrected chi connectivity index (χ1v) is 12.4. The van der Waals surface area contributed by atoms with Crippen LogP contribution in [0.5, 0.6) is 0 Å². The molecule has 1 atom stereocenters. The topological polar surface area (TPSA) is 89.2 Å². The van der Waals surface area contributed by atoms with E-state index < -0.39 is 0 Å². The SMILES string of the molecule is CN(Cc1ccc[nH]1)C1CCCN(C(=O)c2ccc(Nc3nccc(Nc4ccc(F)cc4)n3)cc2)C1. The number of halogens is 1. The number of piperidine rings is 1. The van der Waals surface area contributed by atoms with Crippen molar-refractivity contribution in [2.75, 3.05) is 30.8 Å². The van der Waals surface area contributed by atoms with Crippen LogP contribution in [-0.4, -0.2) is 56.8 Å². The van der Waals surface area contributed by atoms with E-state index in [1.807, 2.05) is 41.4 Å². The van der Waals surface area contributed by atoms with Gasteiger partial charge in [-0.3, -0.25) is 9.69 Å². The molecule has 0 radical (unpaired) electrons. The van der Waals surface area contributed by atoms with E-state index in [2.05, 4.69) is 43.6 Å². The van der Waals surface area contributed by atoms with Crippen molar-refractivity contribution in [1.82, 2.24) is 24.8 Å². The molecular weight excluding hydrogens is 469 g/mol. The summed E-state index contributed by atoms with van der Waals surface area (Å²) in [5.41, 5.74) is 3.34. The van der Waals surface area contributed by atoms with Gasteiger partial charge in [-0.2, -0.15) is 4.98 Å². The largest absolute Gasteiger partial charge is 0.364 e. The molecule has 1 amide bonds. The predicted octanol–water partition coefficient (Wildman–Crippen LogP) is 5.17. The minimum atomic E-state index is -0.294. The van der Waals surface area contributed by atoms with Gasteiger partial charge < -0.3 is 20.5 Å². The van der Waals surface area contributed by atoms with Crippen molar-refractivity contribution in [3.05, 3.63) is 96.2 Å². The number of hydrogen-bond donors (Lipinski definition) is 3. The minimum absolute atomic E-state index is 0.0475. The fourth-order valence-corrected chi connectivity index (χ4v) is 4.54. The molecule has 1 unspecified atom stereocenters. The normalized spacial score (nSPS) is 15.5. The van der Waals surface area contributed by atoms with Crippen LogP contribution in [0.3, 0.4) is 0 Å². The van der Waals surface area contributed by atoms with Crippen LogP contribution in [0.4, 0.5) is 27.5 Å². The van der Waals surface area contributed by atoms with Gasteiger partial charge in [-0.1, -0.05) is 0 Å². The van der Waals surface area contributed by atoms with Gasteiger partial charge in [-0.15, -0.1) is 0 Å². The van der Waals surface area contributed by atoms with Crippen molar-refractivity contribution < 1.29 is 9.18 Å². The second-order valence-electron chi connectivity index (χ2n) is 9.26. The quantitative estimate of drug-likeness (QED) is 0.310. The van der Waals surface area contributed by atoms with Gasteiger partial charge in [0, 0.05) is 60.7 Å². The van der Waals surface area contributed by atoms with Crippen molar-refractivity contribution in [1.29, 1.82) is 0 Å². The number of likely N-dealkylation sites (N-methyl/N-ethyl adjacent to an activating group) is 1. The van der Waals surface area contributed by atoms with Gasteiger partial charge in [-0.05, 0) is 86.6 Å². The number of nitrogens with zero attached hydrogens (tertiary/aromatic N) is 4. The minimum Gasteiger partial charge on any atom is -0.364 e. The van der Waals surface area contributed by atoms with E-state index in [1.165, 1.54) is 17.8 Å². The maximum absolute atomic E-state index is 13.2. The summed E-state index contributed by atoms with van der Waals surface area (Å²) in [6.07, 6.45) is 5.65. The van der Waals surface area contributed by atoms with E-state index in [9.17, 15) is 9.18 Å². The highest BCUT2D eigenvalue weighted by Crippen LogP contribution is 2.21. The molecule has 5 rings (SSSR count). The lowest BCUT2D eigenvalue weighted by atomic mass is 10.0. The molecule has 2 aromatic carbocycles. The Balaban J connectivity index is 1.18. The number of benzene rings is 2. The van der Waals surface area contributed by atoms with Gasteiger partial charge in [0.15, 0.2) is 0 Å². The predicted molar refractivity (Wildman–Crippen MR) is 143 cm³/mol. The Hall–Kier alpha value is -4.24. The zero-order valence-electron chi connectivity index (χ0n) is 20.7. The summed E-state index contributed by atoms with van der Waals surface area (Å²) < 4.78 is 13.1. The van der Waals surface area contributed by atoms with Gasteiger partial charge in [0.2, 0.25) is 5.95 Å². The fraction of sp³-hybridized carbons (Fsp3) is 0.250. The molecule has 8 nitrogen and oxygen atoms in total.